The number of amides is 1. The Morgan fingerprint density at radius 1 is 1.27 bits per heavy atom. The van der Waals surface area contributed by atoms with Gasteiger partial charge in [0.05, 0.1) is 6.42 Å². The lowest BCUT2D eigenvalue weighted by Crippen LogP contribution is -2.45. The molecule has 0 aliphatic carbocycles. The second-order valence-electron chi connectivity index (χ2n) is 4.86. The van der Waals surface area contributed by atoms with Gasteiger partial charge in [0.15, 0.2) is 11.8 Å². The molecule has 2 aromatic rings. The van der Waals surface area contributed by atoms with Gasteiger partial charge in [-0.3, -0.25) is 9.59 Å². The van der Waals surface area contributed by atoms with E-state index in [0.29, 0.717) is 4.90 Å². The summed E-state index contributed by atoms with van der Waals surface area (Å²) in [6.45, 7) is -0.297. The second kappa shape index (κ2) is 8.58. The van der Waals surface area contributed by atoms with Crippen molar-refractivity contribution in [3.05, 3.63) is 41.2 Å². The Balaban J connectivity index is 2.13. The molecule has 1 aromatic carbocycles. The topological polar surface area (TPSA) is 161 Å². The molecule has 2 rings (SSSR count). The third kappa shape index (κ3) is 4.33. The van der Waals surface area contributed by atoms with Gasteiger partial charge in [-0.05, 0) is 16.8 Å². The molecule has 1 aromatic heterocycles. The lowest BCUT2D eigenvalue weighted by atomic mass is 10.2. The molecule has 138 valence electrons. The van der Waals surface area contributed by atoms with Gasteiger partial charge in [-0.15, -0.1) is 0 Å². The highest BCUT2D eigenvalue weighted by atomic mass is 16.9. The standard InChI is InChI=1S/C15H16N4O7/c1-23-19-13(14(17)21)10(18-26-19)8-24-15(22)9-4-2-3-5-11(9)25-12(20)6-7-16/h2-5H,6-8,16H2,1H3,(H-,17,21)/p+1. The molecule has 26 heavy (non-hydrogen) atoms. The molecule has 0 aliphatic rings. The number of nitrogens with zero attached hydrogens (tertiary/aromatic N) is 2. The number of carbonyl (C=O) groups excluding carboxylic acids is 3. The van der Waals surface area contributed by atoms with Crippen molar-refractivity contribution in [1.29, 1.82) is 0 Å². The maximum atomic E-state index is 12.3. The largest absolute Gasteiger partial charge is 0.453 e. The normalized spacial score (nSPS) is 10.2. The van der Waals surface area contributed by atoms with Crippen LogP contribution in [0.3, 0.4) is 0 Å². The van der Waals surface area contributed by atoms with E-state index in [4.69, 9.17) is 30.4 Å². The summed E-state index contributed by atoms with van der Waals surface area (Å²) in [5.74, 6) is -2.24. The highest BCUT2D eigenvalue weighted by Crippen LogP contribution is 2.20. The highest BCUT2D eigenvalue weighted by Gasteiger charge is 2.32. The highest BCUT2D eigenvalue weighted by molar-refractivity contribution is 5.94. The minimum atomic E-state index is -0.879. The molecule has 0 fully saturated rings. The van der Waals surface area contributed by atoms with Crippen LogP contribution in [-0.4, -0.2) is 36.7 Å². The van der Waals surface area contributed by atoms with Gasteiger partial charge >= 0.3 is 23.5 Å². The van der Waals surface area contributed by atoms with E-state index in [1.54, 1.807) is 12.1 Å². The van der Waals surface area contributed by atoms with Crippen molar-refractivity contribution in [3.63, 3.8) is 0 Å². The molecule has 0 atom stereocenters. The molecule has 11 nitrogen and oxygen atoms in total. The number of para-hydroxylation sites is 1. The van der Waals surface area contributed by atoms with E-state index in [1.807, 2.05) is 0 Å². The first-order chi connectivity index (χ1) is 12.5. The van der Waals surface area contributed by atoms with Crippen molar-refractivity contribution >= 4 is 17.8 Å². The second-order valence-corrected chi connectivity index (χ2v) is 4.86. The Morgan fingerprint density at radius 3 is 2.65 bits per heavy atom. The molecule has 0 radical (unpaired) electrons. The van der Waals surface area contributed by atoms with Crippen LogP contribution in [0.15, 0.2) is 28.9 Å². The number of benzene rings is 1. The third-order valence-electron chi connectivity index (χ3n) is 3.10. The molecule has 0 aliphatic heterocycles. The molecule has 1 amide bonds. The van der Waals surface area contributed by atoms with Crippen LogP contribution in [0, 0.1) is 0 Å². The number of carbonyl (C=O) groups is 3. The lowest BCUT2D eigenvalue weighted by molar-refractivity contribution is -1.02. The van der Waals surface area contributed by atoms with Crippen molar-refractivity contribution in [2.24, 2.45) is 11.5 Å². The van der Waals surface area contributed by atoms with E-state index in [2.05, 4.69) is 5.16 Å². The summed E-state index contributed by atoms with van der Waals surface area (Å²) in [6, 6.07) is 6.02. The molecule has 4 N–H and O–H groups in total. The molecule has 11 heteroatoms. The van der Waals surface area contributed by atoms with Crippen LogP contribution in [0.2, 0.25) is 0 Å². The number of ether oxygens (including phenoxy) is 2. The Hall–Kier alpha value is -3.47. The van der Waals surface area contributed by atoms with E-state index in [1.165, 1.54) is 19.2 Å². The molecule has 0 unspecified atom stereocenters. The van der Waals surface area contributed by atoms with Gasteiger partial charge in [0, 0.05) is 6.54 Å². The summed E-state index contributed by atoms with van der Waals surface area (Å²) >= 11 is 0. The number of primary amides is 1. The number of hydrogen-bond acceptors (Lipinski definition) is 9. The molecule has 0 saturated carbocycles. The number of esters is 2. The first kappa shape index (κ1) is 18.9. The van der Waals surface area contributed by atoms with Gasteiger partial charge < -0.3 is 25.8 Å². The number of aromatic nitrogens is 2. The summed E-state index contributed by atoms with van der Waals surface area (Å²) in [5, 5.41) is 3.55. The Labute approximate surface area is 147 Å². The van der Waals surface area contributed by atoms with Crippen LogP contribution in [0.4, 0.5) is 0 Å². The van der Waals surface area contributed by atoms with Gasteiger partial charge in [0.25, 0.3) is 5.69 Å². The predicted molar refractivity (Wildman–Crippen MR) is 82.6 cm³/mol. The maximum absolute atomic E-state index is 12.3. The summed E-state index contributed by atoms with van der Waals surface area (Å²) in [4.78, 5) is 40.7. The quantitative estimate of drug-likeness (QED) is 0.429. The van der Waals surface area contributed by atoms with Gasteiger partial charge in [0.1, 0.15) is 23.3 Å². The molecule has 0 saturated heterocycles. The van der Waals surface area contributed by atoms with Crippen LogP contribution in [0.25, 0.3) is 0 Å². The minimum absolute atomic E-state index is 0.00130. The average Bonchev–Trinajstić information content (AvgIpc) is 3.03. The predicted octanol–water partition coefficient (Wildman–Crippen LogP) is -1.27. The fraction of sp³-hybridized carbons (Fsp3) is 0.267. The van der Waals surface area contributed by atoms with Crippen molar-refractivity contribution < 1.29 is 38.2 Å². The van der Waals surface area contributed by atoms with E-state index in [9.17, 15) is 14.4 Å². The first-order valence-corrected chi connectivity index (χ1v) is 7.40. The fourth-order valence-electron chi connectivity index (χ4n) is 1.95. The van der Waals surface area contributed by atoms with Crippen LogP contribution < -0.4 is 25.9 Å². The lowest BCUT2D eigenvalue weighted by Gasteiger charge is -2.08. The van der Waals surface area contributed by atoms with Crippen LogP contribution >= 0.6 is 0 Å². The number of nitrogens with two attached hydrogens (primary N) is 2. The third-order valence-corrected chi connectivity index (χ3v) is 3.10. The summed E-state index contributed by atoms with van der Waals surface area (Å²) in [5.41, 5.74) is 10.3. The Morgan fingerprint density at radius 2 is 2.00 bits per heavy atom. The molecule has 0 spiro atoms. The molecule has 1 heterocycles. The first-order valence-electron chi connectivity index (χ1n) is 7.40. The SMILES string of the molecule is CO[n+]1onc(COC(=O)c2ccccc2OC(=O)CCN)c1C(N)=O. The monoisotopic (exact) mass is 365 g/mol. The summed E-state index contributed by atoms with van der Waals surface area (Å²) in [7, 11) is 1.24. The molecular weight excluding hydrogens is 348 g/mol. The van der Waals surface area contributed by atoms with Gasteiger partial charge in [-0.25, -0.2) is 4.79 Å². The summed E-state index contributed by atoms with van der Waals surface area (Å²) < 4.78 is 14.9. The van der Waals surface area contributed by atoms with Gasteiger partial charge in [-0.2, -0.15) is 0 Å². The van der Waals surface area contributed by atoms with Crippen LogP contribution in [-0.2, 0) is 16.1 Å². The van der Waals surface area contributed by atoms with E-state index in [-0.39, 0.29) is 35.7 Å². The van der Waals surface area contributed by atoms with Crippen molar-refractivity contribution in [2.45, 2.75) is 13.0 Å². The van der Waals surface area contributed by atoms with Gasteiger partial charge in [0.2, 0.25) is 0 Å². The van der Waals surface area contributed by atoms with Crippen LogP contribution in [0.1, 0.15) is 33.0 Å². The van der Waals surface area contributed by atoms with E-state index >= 15 is 0 Å². The summed E-state index contributed by atoms with van der Waals surface area (Å²) in [6.07, 6.45) is 0.00130. The Bertz CT molecular complexity index is 818. The van der Waals surface area contributed by atoms with Crippen molar-refractivity contribution in [1.82, 2.24) is 5.16 Å². The molecular formula is C15H17N4O7+. The average molecular weight is 365 g/mol. The van der Waals surface area contributed by atoms with E-state index < -0.39 is 24.5 Å². The zero-order chi connectivity index (χ0) is 19.1. The van der Waals surface area contributed by atoms with Crippen LogP contribution in [0.5, 0.6) is 5.75 Å². The minimum Gasteiger partial charge on any atom is -0.453 e. The zero-order valence-electron chi connectivity index (χ0n) is 13.8. The van der Waals surface area contributed by atoms with Crippen molar-refractivity contribution in [3.8, 4) is 5.75 Å². The number of rotatable bonds is 8. The van der Waals surface area contributed by atoms with E-state index in [0.717, 1.165) is 0 Å². The smallest absolute Gasteiger partial charge is 0.342 e. The number of hydrogen-bond donors (Lipinski definition) is 2. The zero-order valence-corrected chi connectivity index (χ0v) is 13.8. The van der Waals surface area contributed by atoms with Gasteiger partial charge in [-0.1, -0.05) is 12.1 Å². The fourth-order valence-corrected chi connectivity index (χ4v) is 1.95. The molecule has 0 bridgehead atoms. The maximum Gasteiger partial charge on any atom is 0.342 e. The van der Waals surface area contributed by atoms with Crippen molar-refractivity contribution in [2.75, 3.05) is 13.7 Å². The Kier molecular flexibility index (Phi) is 6.22.